The van der Waals surface area contributed by atoms with Crippen LogP contribution in [-0.2, 0) is 11.2 Å². The molecule has 0 N–H and O–H groups in total. The summed E-state index contributed by atoms with van der Waals surface area (Å²) in [5.41, 5.74) is 8.13. The fourth-order valence-corrected chi connectivity index (χ4v) is 5.59. The number of aromatic nitrogens is 2. The molecule has 176 valence electrons. The average molecular weight is 471 g/mol. The van der Waals surface area contributed by atoms with Crippen molar-refractivity contribution in [3.8, 4) is 5.69 Å². The first kappa shape index (κ1) is 24.3. The monoisotopic (exact) mass is 470 g/mol. The van der Waals surface area contributed by atoms with E-state index in [2.05, 4.69) is 66.7 Å². The van der Waals surface area contributed by atoms with Crippen molar-refractivity contribution >= 4 is 22.7 Å². The van der Waals surface area contributed by atoms with Crippen LogP contribution in [0, 0.1) is 13.8 Å². The zero-order valence-electron chi connectivity index (χ0n) is 21.3. The standard InChI is InChI=1S/C30H34N2OS/c1-19(2)23-12-9-11-15-27(23)32-28(33)24-13-8-10-14-26(24)31-29(32)34-18-25-20(3)16-22(17-21(25)4)30(5,6)7/h8-17,19H,18H2,1-7H3. The minimum Gasteiger partial charge on any atom is -0.268 e. The highest BCUT2D eigenvalue weighted by atomic mass is 32.2. The van der Waals surface area contributed by atoms with E-state index in [9.17, 15) is 4.79 Å². The Morgan fingerprint density at radius 1 is 0.941 bits per heavy atom. The van der Waals surface area contributed by atoms with E-state index in [4.69, 9.17) is 4.98 Å². The Balaban J connectivity index is 1.84. The maximum absolute atomic E-state index is 13.7. The van der Waals surface area contributed by atoms with Gasteiger partial charge in [0, 0.05) is 5.75 Å². The van der Waals surface area contributed by atoms with Crippen molar-refractivity contribution in [3.63, 3.8) is 0 Å². The van der Waals surface area contributed by atoms with Gasteiger partial charge in [0.15, 0.2) is 5.16 Å². The molecule has 1 heterocycles. The van der Waals surface area contributed by atoms with Crippen LogP contribution in [0.3, 0.4) is 0 Å². The minimum absolute atomic E-state index is 0.0160. The molecule has 4 rings (SSSR count). The molecule has 0 fully saturated rings. The predicted molar refractivity (Wildman–Crippen MR) is 146 cm³/mol. The quantitative estimate of drug-likeness (QED) is 0.221. The molecule has 1 aromatic heterocycles. The lowest BCUT2D eigenvalue weighted by atomic mass is 9.84. The van der Waals surface area contributed by atoms with E-state index < -0.39 is 0 Å². The van der Waals surface area contributed by atoms with Gasteiger partial charge in [0.1, 0.15) is 0 Å². The summed E-state index contributed by atoms with van der Waals surface area (Å²) in [5.74, 6) is 1.05. The lowest BCUT2D eigenvalue weighted by molar-refractivity contribution is 0.589. The number of benzene rings is 3. The van der Waals surface area contributed by atoms with Gasteiger partial charge in [-0.05, 0) is 71.2 Å². The first-order valence-electron chi connectivity index (χ1n) is 11.9. The first-order valence-corrected chi connectivity index (χ1v) is 12.9. The van der Waals surface area contributed by atoms with Crippen LogP contribution in [0.15, 0.2) is 70.6 Å². The SMILES string of the molecule is Cc1cc(C(C)(C)C)cc(C)c1CSc1nc2ccccc2c(=O)n1-c1ccccc1C(C)C. The van der Waals surface area contributed by atoms with Crippen molar-refractivity contribution in [2.75, 3.05) is 0 Å². The van der Waals surface area contributed by atoms with Gasteiger partial charge in [0.2, 0.25) is 0 Å². The Morgan fingerprint density at radius 2 is 1.56 bits per heavy atom. The van der Waals surface area contributed by atoms with Crippen LogP contribution in [0.2, 0.25) is 0 Å². The van der Waals surface area contributed by atoms with E-state index in [0.717, 1.165) is 27.7 Å². The van der Waals surface area contributed by atoms with Crippen LogP contribution < -0.4 is 5.56 Å². The van der Waals surface area contributed by atoms with Gasteiger partial charge in [0.05, 0.1) is 16.6 Å². The molecule has 0 aliphatic rings. The minimum atomic E-state index is -0.0160. The normalized spacial score (nSPS) is 12.0. The van der Waals surface area contributed by atoms with E-state index in [0.29, 0.717) is 11.3 Å². The van der Waals surface area contributed by atoms with Crippen LogP contribution in [0.4, 0.5) is 0 Å². The van der Waals surface area contributed by atoms with Crippen molar-refractivity contribution < 1.29 is 0 Å². The number of rotatable bonds is 5. The van der Waals surface area contributed by atoms with Crippen LogP contribution in [0.1, 0.15) is 68.4 Å². The summed E-state index contributed by atoms with van der Waals surface area (Å²) in [4.78, 5) is 18.7. The number of nitrogens with zero attached hydrogens (tertiary/aromatic N) is 2. The highest BCUT2D eigenvalue weighted by Crippen LogP contribution is 2.32. The summed E-state index contributed by atoms with van der Waals surface area (Å²) in [6.07, 6.45) is 0. The molecule has 0 aliphatic carbocycles. The second-order valence-electron chi connectivity index (χ2n) is 10.4. The molecule has 0 radical (unpaired) electrons. The molecule has 3 nitrogen and oxygen atoms in total. The number of hydrogen-bond donors (Lipinski definition) is 0. The summed E-state index contributed by atoms with van der Waals surface area (Å²) >= 11 is 1.64. The Hall–Kier alpha value is -2.85. The summed E-state index contributed by atoms with van der Waals surface area (Å²) in [5, 5.41) is 1.38. The van der Waals surface area contributed by atoms with Gasteiger partial charge in [-0.15, -0.1) is 0 Å². The fraction of sp³-hybridized carbons (Fsp3) is 0.333. The molecule has 0 spiro atoms. The summed E-state index contributed by atoms with van der Waals surface area (Å²) in [6.45, 7) is 15.4. The van der Waals surface area contributed by atoms with Gasteiger partial charge in [0.25, 0.3) is 5.56 Å². The Morgan fingerprint density at radius 3 is 2.21 bits per heavy atom. The molecular formula is C30H34N2OS. The van der Waals surface area contributed by atoms with Crippen LogP contribution in [0.25, 0.3) is 16.6 Å². The highest BCUT2D eigenvalue weighted by molar-refractivity contribution is 7.98. The molecule has 4 heteroatoms. The van der Waals surface area contributed by atoms with E-state index >= 15 is 0 Å². The molecule has 0 amide bonds. The van der Waals surface area contributed by atoms with Crippen LogP contribution in [0.5, 0.6) is 0 Å². The molecule has 34 heavy (non-hydrogen) atoms. The van der Waals surface area contributed by atoms with Gasteiger partial charge in [-0.2, -0.15) is 0 Å². The molecule has 4 aromatic rings. The van der Waals surface area contributed by atoms with Gasteiger partial charge < -0.3 is 0 Å². The van der Waals surface area contributed by atoms with Gasteiger partial charge >= 0.3 is 0 Å². The van der Waals surface area contributed by atoms with Gasteiger partial charge in [-0.1, -0.05) is 88.8 Å². The zero-order valence-corrected chi connectivity index (χ0v) is 22.1. The number of para-hydroxylation sites is 2. The van der Waals surface area contributed by atoms with Gasteiger partial charge in [-0.3, -0.25) is 9.36 Å². The third-order valence-corrected chi connectivity index (χ3v) is 7.42. The molecule has 0 saturated carbocycles. The largest absolute Gasteiger partial charge is 0.268 e. The van der Waals surface area contributed by atoms with E-state index in [1.807, 2.05) is 47.0 Å². The molecule has 0 unspecified atom stereocenters. The number of aryl methyl sites for hydroxylation is 2. The van der Waals surface area contributed by atoms with E-state index in [1.165, 1.54) is 22.3 Å². The molecule has 0 bridgehead atoms. The molecular weight excluding hydrogens is 436 g/mol. The van der Waals surface area contributed by atoms with Crippen molar-refractivity contribution in [2.24, 2.45) is 0 Å². The Bertz CT molecular complexity index is 1390. The Kier molecular flexibility index (Phi) is 6.73. The van der Waals surface area contributed by atoms with Crippen molar-refractivity contribution in [1.82, 2.24) is 9.55 Å². The van der Waals surface area contributed by atoms with E-state index in [1.54, 1.807) is 11.8 Å². The lowest BCUT2D eigenvalue weighted by Gasteiger charge is -2.22. The number of hydrogen-bond acceptors (Lipinski definition) is 3. The van der Waals surface area contributed by atoms with Crippen molar-refractivity contribution in [3.05, 3.63) is 98.8 Å². The topological polar surface area (TPSA) is 34.9 Å². The lowest BCUT2D eigenvalue weighted by Crippen LogP contribution is -2.23. The zero-order chi connectivity index (χ0) is 24.6. The average Bonchev–Trinajstić information content (AvgIpc) is 2.78. The number of fused-ring (bicyclic) bond motifs is 1. The smallest absolute Gasteiger partial charge is 0.266 e. The molecule has 3 aromatic carbocycles. The first-order chi connectivity index (χ1) is 16.1. The number of thioether (sulfide) groups is 1. The van der Waals surface area contributed by atoms with Crippen LogP contribution in [-0.4, -0.2) is 9.55 Å². The van der Waals surface area contributed by atoms with Crippen molar-refractivity contribution in [2.45, 2.75) is 70.7 Å². The fourth-order valence-electron chi connectivity index (χ4n) is 4.39. The second-order valence-corrected chi connectivity index (χ2v) is 11.3. The maximum atomic E-state index is 13.7. The summed E-state index contributed by atoms with van der Waals surface area (Å²) in [7, 11) is 0. The second kappa shape index (κ2) is 9.42. The molecule has 0 atom stereocenters. The molecule has 0 aliphatic heterocycles. The third-order valence-electron chi connectivity index (χ3n) is 6.45. The highest BCUT2D eigenvalue weighted by Gasteiger charge is 2.19. The summed E-state index contributed by atoms with van der Waals surface area (Å²) in [6, 6.07) is 20.4. The Labute approximate surface area is 207 Å². The van der Waals surface area contributed by atoms with Crippen LogP contribution >= 0.6 is 11.8 Å². The maximum Gasteiger partial charge on any atom is 0.266 e. The van der Waals surface area contributed by atoms with Crippen molar-refractivity contribution in [1.29, 1.82) is 0 Å². The third kappa shape index (κ3) is 4.69. The van der Waals surface area contributed by atoms with E-state index in [-0.39, 0.29) is 11.0 Å². The summed E-state index contributed by atoms with van der Waals surface area (Å²) < 4.78 is 1.82. The predicted octanol–water partition coefficient (Wildman–Crippen LogP) is 7.72. The molecule has 0 saturated heterocycles. The van der Waals surface area contributed by atoms with Gasteiger partial charge in [-0.25, -0.2) is 4.98 Å².